The van der Waals surface area contributed by atoms with Crippen molar-refractivity contribution in [2.45, 2.75) is 104 Å². The number of carbonyl (C=O) groups is 5. The van der Waals surface area contributed by atoms with Gasteiger partial charge < -0.3 is 30.1 Å². The molecule has 1 aliphatic rings. The van der Waals surface area contributed by atoms with Gasteiger partial charge in [0.25, 0.3) is 5.91 Å². The number of nitrogens with one attached hydrogen (secondary N) is 2. The van der Waals surface area contributed by atoms with E-state index in [1.54, 1.807) is 24.3 Å². The van der Waals surface area contributed by atoms with E-state index in [4.69, 9.17) is 9.47 Å². The van der Waals surface area contributed by atoms with E-state index in [1.165, 1.54) is 6.92 Å². The summed E-state index contributed by atoms with van der Waals surface area (Å²) in [6, 6.07) is 23.9. The van der Waals surface area contributed by atoms with Crippen molar-refractivity contribution in [3.63, 3.8) is 0 Å². The molecule has 0 aliphatic heterocycles. The molecule has 60 heavy (non-hydrogen) atoms. The summed E-state index contributed by atoms with van der Waals surface area (Å²) in [7, 11) is 1.69. The lowest BCUT2D eigenvalue weighted by atomic mass is 9.95. The number of likely N-dealkylation sites (N-methyl/N-ethyl adjacent to an activating group) is 1. The first kappa shape index (κ1) is 45.5. The molecular formula is C47H58N4O8S. The minimum absolute atomic E-state index is 0.102. The van der Waals surface area contributed by atoms with E-state index >= 15 is 0 Å². The van der Waals surface area contributed by atoms with E-state index in [9.17, 15) is 29.1 Å². The lowest BCUT2D eigenvalue weighted by Crippen LogP contribution is -2.52. The van der Waals surface area contributed by atoms with Crippen molar-refractivity contribution in [1.82, 2.24) is 20.5 Å². The molecule has 0 spiro atoms. The highest BCUT2D eigenvalue weighted by Gasteiger charge is 2.35. The highest BCUT2D eigenvalue weighted by atomic mass is 32.1. The Hall–Kier alpha value is -5.56. The van der Waals surface area contributed by atoms with Crippen LogP contribution >= 0.6 is 11.3 Å². The van der Waals surface area contributed by atoms with Gasteiger partial charge in [0.05, 0.1) is 5.92 Å². The van der Waals surface area contributed by atoms with Crippen LogP contribution in [-0.4, -0.2) is 76.6 Å². The fraction of sp³-hybridized carbons (Fsp3) is 0.447. The first-order chi connectivity index (χ1) is 28.6. The van der Waals surface area contributed by atoms with Crippen LogP contribution in [0.2, 0.25) is 0 Å². The third-order valence-electron chi connectivity index (χ3n) is 11.1. The molecule has 1 aromatic heterocycles. The summed E-state index contributed by atoms with van der Waals surface area (Å²) in [6.45, 7) is 11.1. The van der Waals surface area contributed by atoms with E-state index in [0.717, 1.165) is 39.2 Å². The predicted molar refractivity (Wildman–Crippen MR) is 232 cm³/mol. The number of aromatic nitrogens is 1. The number of hydrogen-bond acceptors (Lipinski definition) is 9. The van der Waals surface area contributed by atoms with Gasteiger partial charge in [0.15, 0.2) is 6.10 Å². The molecule has 12 nitrogen and oxygen atoms in total. The molecule has 320 valence electrons. The highest BCUT2D eigenvalue weighted by molar-refractivity contribution is 7.09. The molecule has 13 heteroatoms. The fourth-order valence-corrected chi connectivity index (χ4v) is 8.70. The smallest absolute Gasteiger partial charge is 0.407 e. The molecule has 1 heterocycles. The van der Waals surface area contributed by atoms with Gasteiger partial charge in [0.1, 0.15) is 23.4 Å². The number of alkyl carbamates (subject to hydrolysis) is 1. The molecule has 0 fully saturated rings. The molecule has 5 unspecified atom stereocenters. The number of carboxylic acids is 1. The van der Waals surface area contributed by atoms with Crippen molar-refractivity contribution in [2.75, 3.05) is 13.7 Å². The third-order valence-corrected chi connectivity index (χ3v) is 12.0. The van der Waals surface area contributed by atoms with Crippen LogP contribution in [0, 0.1) is 17.8 Å². The molecule has 3 N–H and O–H groups in total. The number of amides is 3. The normalized spacial score (nSPS) is 14.6. The summed E-state index contributed by atoms with van der Waals surface area (Å²) in [5.41, 5.74) is 5.48. The summed E-state index contributed by atoms with van der Waals surface area (Å²) in [5.74, 6) is -2.93. The van der Waals surface area contributed by atoms with Crippen molar-refractivity contribution < 1.29 is 38.6 Å². The predicted octanol–water partition coefficient (Wildman–Crippen LogP) is 8.42. The number of carbonyl (C=O) groups excluding carboxylic acids is 4. The minimum Gasteiger partial charge on any atom is -0.481 e. The molecule has 0 saturated carbocycles. The molecule has 5 atom stereocenters. The van der Waals surface area contributed by atoms with Gasteiger partial charge in [-0.2, -0.15) is 0 Å². The van der Waals surface area contributed by atoms with E-state index in [0.29, 0.717) is 24.3 Å². The first-order valence-electron chi connectivity index (χ1n) is 20.7. The number of fused-ring (bicyclic) bond motifs is 3. The Bertz CT molecular complexity index is 2060. The van der Waals surface area contributed by atoms with Crippen LogP contribution in [0.5, 0.6) is 0 Å². The molecule has 0 bridgehead atoms. The Kier molecular flexibility index (Phi) is 16.0. The number of hydrogen-bond donors (Lipinski definition) is 3. The second-order valence-electron chi connectivity index (χ2n) is 16.5. The van der Waals surface area contributed by atoms with Crippen molar-refractivity contribution in [3.8, 4) is 11.1 Å². The topological polar surface area (TPSA) is 164 Å². The maximum absolute atomic E-state index is 14.4. The quantitative estimate of drug-likeness (QED) is 0.0742. The van der Waals surface area contributed by atoms with Crippen molar-refractivity contribution in [1.29, 1.82) is 0 Å². The Labute approximate surface area is 357 Å². The highest BCUT2D eigenvalue weighted by Crippen LogP contribution is 2.44. The lowest BCUT2D eigenvalue weighted by Gasteiger charge is -2.35. The van der Waals surface area contributed by atoms with Crippen LogP contribution in [-0.2, 0) is 30.3 Å². The van der Waals surface area contributed by atoms with Crippen LogP contribution in [0.4, 0.5) is 4.79 Å². The number of benzene rings is 3. The second-order valence-corrected chi connectivity index (χ2v) is 17.4. The number of aliphatic carboxylic acids is 1. The SMILES string of the molecule is CC(=O)OC(CC(C(C)C)N(C)C(=O)C(CCC(C)C)NC(=O)OCC1c2ccccc2-c2ccccc21)c1nc(C(=O)NC(Cc2ccccc2)CC(C)C(=O)O)cs1. The van der Waals surface area contributed by atoms with Gasteiger partial charge in [-0.25, -0.2) is 9.78 Å². The van der Waals surface area contributed by atoms with Crippen LogP contribution in [0.25, 0.3) is 11.1 Å². The zero-order valence-corrected chi connectivity index (χ0v) is 36.4. The summed E-state index contributed by atoms with van der Waals surface area (Å²) < 4.78 is 11.6. The maximum atomic E-state index is 14.4. The Morgan fingerprint density at radius 3 is 2.03 bits per heavy atom. The van der Waals surface area contributed by atoms with Crippen LogP contribution in [0.15, 0.2) is 84.2 Å². The molecular weight excluding hydrogens is 781 g/mol. The first-order valence-corrected chi connectivity index (χ1v) is 21.6. The van der Waals surface area contributed by atoms with Gasteiger partial charge >= 0.3 is 18.0 Å². The second kappa shape index (κ2) is 21.1. The monoisotopic (exact) mass is 838 g/mol. The molecule has 4 aromatic rings. The van der Waals surface area contributed by atoms with Gasteiger partial charge in [-0.05, 0) is 65.3 Å². The fourth-order valence-electron chi connectivity index (χ4n) is 7.86. The number of ether oxygens (including phenoxy) is 2. The van der Waals surface area contributed by atoms with Gasteiger partial charge in [-0.1, -0.05) is 113 Å². The minimum atomic E-state index is -0.954. The van der Waals surface area contributed by atoms with Crippen LogP contribution < -0.4 is 10.6 Å². The van der Waals surface area contributed by atoms with Crippen molar-refractivity contribution in [2.24, 2.45) is 17.8 Å². The molecule has 3 aromatic carbocycles. The zero-order valence-electron chi connectivity index (χ0n) is 35.6. The van der Waals surface area contributed by atoms with Crippen LogP contribution in [0.3, 0.4) is 0 Å². The summed E-state index contributed by atoms with van der Waals surface area (Å²) >= 11 is 1.16. The number of carboxylic acid groups (broad SMARTS) is 1. The number of esters is 1. The lowest BCUT2D eigenvalue weighted by molar-refractivity contribution is -0.148. The summed E-state index contributed by atoms with van der Waals surface area (Å²) in [6.07, 6.45) is 0.349. The number of nitrogens with zero attached hydrogens (tertiary/aromatic N) is 2. The molecule has 0 saturated heterocycles. The molecule has 5 rings (SSSR count). The van der Waals surface area contributed by atoms with E-state index in [1.807, 2.05) is 68.4 Å². The molecule has 3 amide bonds. The zero-order chi connectivity index (χ0) is 43.5. The van der Waals surface area contributed by atoms with Gasteiger partial charge in [0, 0.05) is 43.8 Å². The average molecular weight is 839 g/mol. The van der Waals surface area contributed by atoms with Gasteiger partial charge in [-0.3, -0.25) is 19.2 Å². The Balaban J connectivity index is 1.28. The average Bonchev–Trinajstić information content (AvgIpc) is 3.83. The molecule has 0 radical (unpaired) electrons. The van der Waals surface area contributed by atoms with E-state index < -0.39 is 54.1 Å². The van der Waals surface area contributed by atoms with E-state index in [2.05, 4.69) is 53.7 Å². The molecule has 1 aliphatic carbocycles. The van der Waals surface area contributed by atoms with Gasteiger partial charge in [-0.15, -0.1) is 11.3 Å². The number of rotatable bonds is 20. The van der Waals surface area contributed by atoms with Gasteiger partial charge in [0.2, 0.25) is 5.91 Å². The standard InChI is InChI=1S/C47H58N4O8S/c1-28(2)21-22-39(50-47(57)58-26-38-36-19-13-11-17-34(36)35-18-12-14-20-37(35)38)45(54)51(7)41(29(3)4)25-42(59-31(6)52)44-49-40(27-60-44)43(53)48-33(23-30(5)46(55)56)24-32-15-9-8-10-16-32/h8-20,27-30,33,38-39,41-42H,21-26H2,1-7H3,(H,48,53)(H,50,57)(H,55,56). The number of thiazole rings is 1. The Morgan fingerprint density at radius 1 is 0.833 bits per heavy atom. The largest absolute Gasteiger partial charge is 0.481 e. The van der Waals surface area contributed by atoms with Crippen molar-refractivity contribution >= 4 is 41.2 Å². The summed E-state index contributed by atoms with van der Waals surface area (Å²) in [4.78, 5) is 71.7. The maximum Gasteiger partial charge on any atom is 0.407 e. The van der Waals surface area contributed by atoms with Crippen molar-refractivity contribution in [3.05, 3.63) is 112 Å². The summed E-state index contributed by atoms with van der Waals surface area (Å²) in [5, 5.41) is 17.4. The van der Waals surface area contributed by atoms with Crippen LogP contribution in [0.1, 0.15) is 111 Å². The van der Waals surface area contributed by atoms with E-state index in [-0.39, 0.29) is 48.8 Å². The third kappa shape index (κ3) is 12.0. The Morgan fingerprint density at radius 2 is 1.45 bits per heavy atom.